The van der Waals surface area contributed by atoms with E-state index in [0.717, 1.165) is 6.42 Å². The highest BCUT2D eigenvalue weighted by Gasteiger charge is 2.04. The molecule has 0 heterocycles. The lowest BCUT2D eigenvalue weighted by molar-refractivity contribution is 0.611. The van der Waals surface area contributed by atoms with Crippen LogP contribution in [0.2, 0.25) is 0 Å². The Bertz CT molecular complexity index is 396. The Morgan fingerprint density at radius 2 is 2.12 bits per heavy atom. The van der Waals surface area contributed by atoms with E-state index in [4.69, 9.17) is 5.26 Å². The van der Waals surface area contributed by atoms with Gasteiger partial charge in [0.1, 0.15) is 5.82 Å². The van der Waals surface area contributed by atoms with Crippen molar-refractivity contribution >= 4 is 5.69 Å². The van der Waals surface area contributed by atoms with Crippen LogP contribution in [-0.2, 0) is 0 Å². The zero-order valence-electron chi connectivity index (χ0n) is 10.5. The summed E-state index contributed by atoms with van der Waals surface area (Å²) >= 11 is 0. The minimum atomic E-state index is -0.368. The van der Waals surface area contributed by atoms with Crippen LogP contribution in [0, 0.1) is 17.1 Å². The Hall–Kier alpha value is -1.56. The molecule has 0 amide bonds. The molecule has 1 aromatic carbocycles. The van der Waals surface area contributed by atoms with Crippen LogP contribution >= 0.6 is 0 Å². The highest BCUT2D eigenvalue weighted by molar-refractivity contribution is 5.50. The van der Waals surface area contributed by atoms with Crippen LogP contribution in [0.4, 0.5) is 10.1 Å². The number of benzene rings is 1. The molecule has 1 unspecified atom stereocenters. The number of unbranched alkanes of at least 4 members (excludes halogenated alkanes) is 2. The molecule has 0 spiro atoms. The van der Waals surface area contributed by atoms with Gasteiger partial charge in [0.25, 0.3) is 0 Å². The van der Waals surface area contributed by atoms with Crippen molar-refractivity contribution in [3.8, 4) is 6.07 Å². The maximum Gasteiger partial charge on any atom is 0.126 e. The van der Waals surface area contributed by atoms with E-state index >= 15 is 0 Å². The number of halogens is 1. The largest absolute Gasteiger partial charge is 0.382 e. The fourth-order valence-corrected chi connectivity index (χ4v) is 1.79. The van der Waals surface area contributed by atoms with E-state index in [-0.39, 0.29) is 5.82 Å². The molecule has 0 aliphatic carbocycles. The van der Waals surface area contributed by atoms with Gasteiger partial charge >= 0.3 is 0 Å². The lowest BCUT2D eigenvalue weighted by Gasteiger charge is -2.15. The van der Waals surface area contributed by atoms with Gasteiger partial charge in [-0.2, -0.15) is 5.26 Å². The molecular weight excluding hydrogens is 215 g/mol. The average molecular weight is 234 g/mol. The van der Waals surface area contributed by atoms with Crippen molar-refractivity contribution in [3.05, 3.63) is 29.6 Å². The third kappa shape index (κ3) is 4.86. The van der Waals surface area contributed by atoms with Gasteiger partial charge in [-0.05, 0) is 31.5 Å². The van der Waals surface area contributed by atoms with Crippen LogP contribution < -0.4 is 5.32 Å². The maximum atomic E-state index is 13.2. The van der Waals surface area contributed by atoms with E-state index in [1.54, 1.807) is 6.07 Å². The Kier molecular flexibility index (Phi) is 5.48. The normalized spacial score (nSPS) is 11.9. The molecule has 1 N–H and O–H groups in total. The van der Waals surface area contributed by atoms with E-state index < -0.39 is 0 Å². The first-order valence-corrected chi connectivity index (χ1v) is 6.13. The zero-order valence-corrected chi connectivity index (χ0v) is 10.5. The minimum Gasteiger partial charge on any atom is -0.382 e. The Morgan fingerprint density at radius 3 is 2.76 bits per heavy atom. The number of nitriles is 1. The van der Waals surface area contributed by atoms with E-state index in [2.05, 4.69) is 19.2 Å². The molecule has 0 aliphatic heterocycles. The first-order valence-electron chi connectivity index (χ1n) is 6.13. The van der Waals surface area contributed by atoms with Crippen LogP contribution in [0.1, 0.15) is 45.1 Å². The highest BCUT2D eigenvalue weighted by Crippen LogP contribution is 2.16. The van der Waals surface area contributed by atoms with Gasteiger partial charge in [-0.15, -0.1) is 0 Å². The summed E-state index contributed by atoms with van der Waals surface area (Å²) in [5, 5.41) is 12.0. The molecule has 0 radical (unpaired) electrons. The molecule has 0 aromatic heterocycles. The van der Waals surface area contributed by atoms with Gasteiger partial charge in [-0.1, -0.05) is 26.2 Å². The molecular formula is C14H19FN2. The number of nitrogens with zero attached hydrogens (tertiary/aromatic N) is 1. The van der Waals surface area contributed by atoms with Crippen molar-refractivity contribution in [3.63, 3.8) is 0 Å². The van der Waals surface area contributed by atoms with Crippen LogP contribution in [-0.4, -0.2) is 6.04 Å². The molecule has 0 aliphatic rings. The number of nitrogens with one attached hydrogen (secondary N) is 1. The molecule has 1 rings (SSSR count). The molecule has 1 aromatic rings. The third-order valence-corrected chi connectivity index (χ3v) is 2.68. The second kappa shape index (κ2) is 6.90. The zero-order chi connectivity index (χ0) is 12.7. The summed E-state index contributed by atoms with van der Waals surface area (Å²) < 4.78 is 13.2. The minimum absolute atomic E-state index is 0.301. The molecule has 3 heteroatoms. The van der Waals surface area contributed by atoms with Gasteiger partial charge in [0.2, 0.25) is 0 Å². The quantitative estimate of drug-likeness (QED) is 0.753. The van der Waals surface area contributed by atoms with Gasteiger partial charge in [-0.25, -0.2) is 4.39 Å². The van der Waals surface area contributed by atoms with Crippen LogP contribution in [0.25, 0.3) is 0 Å². The Morgan fingerprint density at radius 1 is 1.35 bits per heavy atom. The fourth-order valence-electron chi connectivity index (χ4n) is 1.79. The van der Waals surface area contributed by atoms with Gasteiger partial charge in [-0.3, -0.25) is 0 Å². The van der Waals surface area contributed by atoms with Gasteiger partial charge in [0.15, 0.2) is 0 Å². The van der Waals surface area contributed by atoms with Gasteiger partial charge < -0.3 is 5.32 Å². The van der Waals surface area contributed by atoms with Crippen LogP contribution in [0.15, 0.2) is 18.2 Å². The first-order chi connectivity index (χ1) is 8.15. The Balaban J connectivity index is 2.56. The lowest BCUT2D eigenvalue weighted by Crippen LogP contribution is -2.15. The number of rotatable bonds is 6. The Labute approximate surface area is 102 Å². The predicted octanol–water partition coefficient (Wildman–Crippen LogP) is 4.08. The molecule has 0 saturated heterocycles. The van der Waals surface area contributed by atoms with Crippen molar-refractivity contribution in [1.82, 2.24) is 0 Å². The van der Waals surface area contributed by atoms with E-state index in [1.165, 1.54) is 31.4 Å². The lowest BCUT2D eigenvalue weighted by atomic mass is 10.1. The topological polar surface area (TPSA) is 35.8 Å². The van der Waals surface area contributed by atoms with Crippen molar-refractivity contribution in [1.29, 1.82) is 5.26 Å². The summed E-state index contributed by atoms with van der Waals surface area (Å²) in [5.74, 6) is -0.368. The second-order valence-corrected chi connectivity index (χ2v) is 4.38. The standard InChI is InChI=1S/C14H19FN2/c1-3-4-5-6-11(2)17-14-8-12(10-16)7-13(15)9-14/h7-9,11,17H,3-6H2,1-2H3. The summed E-state index contributed by atoms with van der Waals surface area (Å²) in [6.07, 6.45) is 4.65. The van der Waals surface area contributed by atoms with Crippen LogP contribution in [0.3, 0.4) is 0 Å². The van der Waals surface area contributed by atoms with Crippen molar-refractivity contribution in [2.24, 2.45) is 0 Å². The monoisotopic (exact) mass is 234 g/mol. The van der Waals surface area contributed by atoms with E-state index in [9.17, 15) is 4.39 Å². The third-order valence-electron chi connectivity index (χ3n) is 2.68. The highest BCUT2D eigenvalue weighted by atomic mass is 19.1. The molecule has 1 atom stereocenters. The summed E-state index contributed by atoms with van der Waals surface area (Å²) in [7, 11) is 0. The number of hydrogen-bond donors (Lipinski definition) is 1. The van der Waals surface area contributed by atoms with Crippen molar-refractivity contribution < 1.29 is 4.39 Å². The molecule has 0 saturated carbocycles. The SMILES string of the molecule is CCCCCC(C)Nc1cc(F)cc(C#N)c1. The summed E-state index contributed by atoms with van der Waals surface area (Å²) in [6.45, 7) is 4.25. The summed E-state index contributed by atoms with van der Waals surface area (Å²) in [5.41, 5.74) is 1.04. The molecule has 0 fully saturated rings. The first kappa shape index (κ1) is 13.5. The summed E-state index contributed by atoms with van der Waals surface area (Å²) in [6, 6.07) is 6.61. The van der Waals surface area contributed by atoms with Crippen LogP contribution in [0.5, 0.6) is 0 Å². The predicted molar refractivity (Wildman–Crippen MR) is 68.3 cm³/mol. The maximum absolute atomic E-state index is 13.2. The molecule has 92 valence electrons. The molecule has 0 bridgehead atoms. The number of hydrogen-bond acceptors (Lipinski definition) is 2. The van der Waals surface area contributed by atoms with Crippen molar-refractivity contribution in [2.45, 2.75) is 45.6 Å². The van der Waals surface area contributed by atoms with Gasteiger partial charge in [0, 0.05) is 11.7 Å². The van der Waals surface area contributed by atoms with E-state index in [0.29, 0.717) is 17.3 Å². The average Bonchev–Trinajstić information content (AvgIpc) is 2.28. The number of anilines is 1. The molecule has 17 heavy (non-hydrogen) atoms. The molecule has 2 nitrogen and oxygen atoms in total. The summed E-state index contributed by atoms with van der Waals surface area (Å²) in [4.78, 5) is 0. The second-order valence-electron chi connectivity index (χ2n) is 4.38. The van der Waals surface area contributed by atoms with Gasteiger partial charge in [0.05, 0.1) is 11.6 Å². The van der Waals surface area contributed by atoms with E-state index in [1.807, 2.05) is 6.07 Å². The smallest absolute Gasteiger partial charge is 0.126 e. The fraction of sp³-hybridized carbons (Fsp3) is 0.500. The van der Waals surface area contributed by atoms with Crippen molar-refractivity contribution in [2.75, 3.05) is 5.32 Å².